The average molecular weight is 440 g/mol. The molecular formula is C17H37IN4O. The summed E-state index contributed by atoms with van der Waals surface area (Å²) in [7, 11) is 6.05. The first-order valence-corrected chi connectivity index (χ1v) is 8.40. The zero-order valence-electron chi connectivity index (χ0n) is 16.3. The fourth-order valence-electron chi connectivity index (χ4n) is 2.78. The van der Waals surface area contributed by atoms with Gasteiger partial charge in [-0.25, -0.2) is 0 Å². The number of ether oxygens (including phenoxy) is 1. The van der Waals surface area contributed by atoms with E-state index in [4.69, 9.17) is 4.74 Å². The quantitative estimate of drug-likeness (QED) is 0.376. The molecule has 1 aliphatic heterocycles. The van der Waals surface area contributed by atoms with Crippen molar-refractivity contribution in [1.29, 1.82) is 0 Å². The van der Waals surface area contributed by atoms with Crippen molar-refractivity contribution in [1.82, 2.24) is 15.1 Å². The normalized spacial score (nSPS) is 20.7. The third kappa shape index (κ3) is 5.74. The van der Waals surface area contributed by atoms with Gasteiger partial charge in [0.15, 0.2) is 5.96 Å². The molecule has 0 aromatic carbocycles. The van der Waals surface area contributed by atoms with Crippen LogP contribution in [0.4, 0.5) is 0 Å². The van der Waals surface area contributed by atoms with E-state index in [2.05, 4.69) is 68.8 Å². The number of hydrogen-bond donors (Lipinski definition) is 1. The van der Waals surface area contributed by atoms with Crippen molar-refractivity contribution < 1.29 is 4.74 Å². The maximum absolute atomic E-state index is 5.85. The minimum atomic E-state index is 0. The smallest absolute Gasteiger partial charge is 0.194 e. The molecule has 1 fully saturated rings. The second-order valence-corrected chi connectivity index (χ2v) is 7.63. The highest BCUT2D eigenvalue weighted by Crippen LogP contribution is 2.46. The summed E-state index contributed by atoms with van der Waals surface area (Å²) in [6.07, 6.45) is 1.25. The Hall–Kier alpha value is -0.0800. The molecule has 1 atom stereocenters. The first-order chi connectivity index (χ1) is 10.2. The third-order valence-electron chi connectivity index (χ3n) is 5.14. The molecule has 1 saturated heterocycles. The molecule has 6 heteroatoms. The summed E-state index contributed by atoms with van der Waals surface area (Å²) in [6.45, 7) is 14.9. The highest BCUT2D eigenvalue weighted by atomic mass is 127. The number of likely N-dealkylation sites (tertiary alicyclic amines) is 1. The molecule has 0 bridgehead atoms. The van der Waals surface area contributed by atoms with Crippen molar-refractivity contribution in [2.75, 3.05) is 47.4 Å². The lowest BCUT2D eigenvalue weighted by Gasteiger charge is -2.62. The van der Waals surface area contributed by atoms with Crippen LogP contribution in [-0.2, 0) is 4.74 Å². The van der Waals surface area contributed by atoms with Crippen molar-refractivity contribution in [3.05, 3.63) is 0 Å². The fourth-order valence-corrected chi connectivity index (χ4v) is 2.78. The van der Waals surface area contributed by atoms with Gasteiger partial charge in [-0.3, -0.25) is 4.99 Å². The van der Waals surface area contributed by atoms with E-state index in [0.717, 1.165) is 38.6 Å². The monoisotopic (exact) mass is 440 g/mol. The largest absolute Gasteiger partial charge is 0.377 e. The molecule has 0 saturated carbocycles. The molecule has 5 nitrogen and oxygen atoms in total. The van der Waals surface area contributed by atoms with Gasteiger partial charge in [-0.1, -0.05) is 13.8 Å². The Morgan fingerprint density at radius 1 is 1.30 bits per heavy atom. The van der Waals surface area contributed by atoms with Gasteiger partial charge in [0.1, 0.15) is 0 Å². The molecular weight excluding hydrogens is 403 g/mol. The van der Waals surface area contributed by atoms with Crippen LogP contribution in [0.3, 0.4) is 0 Å². The second kappa shape index (κ2) is 9.42. The Bertz CT molecular complexity index is 383. The first-order valence-electron chi connectivity index (χ1n) is 8.40. The van der Waals surface area contributed by atoms with E-state index in [9.17, 15) is 0 Å². The molecule has 0 radical (unpaired) electrons. The van der Waals surface area contributed by atoms with Crippen LogP contribution >= 0.6 is 24.0 Å². The predicted octanol–water partition coefficient (Wildman–Crippen LogP) is 2.66. The predicted molar refractivity (Wildman–Crippen MR) is 110 cm³/mol. The van der Waals surface area contributed by atoms with Crippen molar-refractivity contribution in [2.45, 2.75) is 52.7 Å². The van der Waals surface area contributed by atoms with Crippen molar-refractivity contribution in [2.24, 2.45) is 10.4 Å². The van der Waals surface area contributed by atoms with Gasteiger partial charge in [-0.15, -0.1) is 24.0 Å². The Morgan fingerprint density at radius 2 is 1.91 bits per heavy atom. The molecule has 1 heterocycles. The maximum Gasteiger partial charge on any atom is 0.194 e. The number of nitrogens with zero attached hydrogens (tertiary/aromatic N) is 3. The summed E-state index contributed by atoms with van der Waals surface area (Å²) in [5.41, 5.74) is 0.439. The summed E-state index contributed by atoms with van der Waals surface area (Å²) >= 11 is 0. The van der Waals surface area contributed by atoms with E-state index in [0.29, 0.717) is 5.41 Å². The lowest BCUT2D eigenvalue weighted by Crippen LogP contribution is -2.72. The molecule has 0 aromatic rings. The lowest BCUT2D eigenvalue weighted by molar-refractivity contribution is -0.0673. The number of aliphatic imine (C=N–C) groups is 1. The van der Waals surface area contributed by atoms with Crippen LogP contribution in [0.2, 0.25) is 0 Å². The van der Waals surface area contributed by atoms with E-state index in [1.165, 1.54) is 0 Å². The standard InChI is InChI=1S/C17H36N4O.HI/c1-9-22-14(10-11-20(7)8)12-19-15(18-6)21-13-16(2,3)17(21,4)5;/h14H,9-13H2,1-8H3,(H,18,19);1H. The fraction of sp³-hybridized carbons (Fsp3) is 0.941. The van der Waals surface area contributed by atoms with Crippen LogP contribution in [0.5, 0.6) is 0 Å². The Kier molecular flexibility index (Phi) is 9.38. The molecule has 1 unspecified atom stereocenters. The lowest BCUT2D eigenvalue weighted by atomic mass is 9.65. The molecule has 0 aliphatic carbocycles. The number of hydrogen-bond acceptors (Lipinski definition) is 3. The van der Waals surface area contributed by atoms with Crippen LogP contribution in [0.15, 0.2) is 4.99 Å². The molecule has 23 heavy (non-hydrogen) atoms. The van der Waals surface area contributed by atoms with E-state index >= 15 is 0 Å². The van der Waals surface area contributed by atoms with Gasteiger partial charge in [-0.05, 0) is 41.3 Å². The van der Waals surface area contributed by atoms with Crippen molar-refractivity contribution in [3.63, 3.8) is 0 Å². The highest BCUT2D eigenvalue weighted by molar-refractivity contribution is 14.0. The number of halogens is 1. The van der Waals surface area contributed by atoms with Gasteiger partial charge in [0, 0.05) is 44.2 Å². The maximum atomic E-state index is 5.85. The summed E-state index contributed by atoms with van der Waals surface area (Å²) < 4.78 is 5.85. The van der Waals surface area contributed by atoms with Crippen molar-refractivity contribution >= 4 is 29.9 Å². The zero-order valence-corrected chi connectivity index (χ0v) is 18.6. The molecule has 1 N–H and O–H groups in total. The van der Waals surface area contributed by atoms with Crippen molar-refractivity contribution in [3.8, 4) is 0 Å². The summed E-state index contributed by atoms with van der Waals surface area (Å²) in [5, 5.41) is 3.51. The van der Waals surface area contributed by atoms with Gasteiger partial charge in [0.2, 0.25) is 0 Å². The highest BCUT2D eigenvalue weighted by Gasteiger charge is 2.53. The SMILES string of the molecule is CCOC(CCN(C)C)CNC(=NC)N1CC(C)(C)C1(C)C.I. The third-order valence-corrected chi connectivity index (χ3v) is 5.14. The van der Waals surface area contributed by atoms with E-state index in [-0.39, 0.29) is 35.6 Å². The molecule has 0 aromatic heterocycles. The molecule has 138 valence electrons. The van der Waals surface area contributed by atoms with Gasteiger partial charge < -0.3 is 19.9 Å². The minimum absolute atomic E-state index is 0. The molecule has 0 spiro atoms. The van der Waals surface area contributed by atoms with Crippen LogP contribution in [0, 0.1) is 5.41 Å². The number of nitrogens with one attached hydrogen (secondary N) is 1. The molecule has 1 aliphatic rings. The Morgan fingerprint density at radius 3 is 2.30 bits per heavy atom. The summed E-state index contributed by atoms with van der Waals surface area (Å²) in [6, 6.07) is 0. The van der Waals surface area contributed by atoms with Crippen LogP contribution in [-0.4, -0.2) is 74.8 Å². The Balaban J connectivity index is 0.00000484. The second-order valence-electron chi connectivity index (χ2n) is 7.63. The van der Waals surface area contributed by atoms with Crippen LogP contribution in [0.25, 0.3) is 0 Å². The number of rotatable bonds is 7. The van der Waals surface area contributed by atoms with Gasteiger partial charge in [0.05, 0.1) is 6.10 Å². The minimum Gasteiger partial charge on any atom is -0.377 e. The summed E-state index contributed by atoms with van der Waals surface area (Å²) in [5.74, 6) is 0.985. The topological polar surface area (TPSA) is 40.1 Å². The van der Waals surface area contributed by atoms with E-state index in [1.54, 1.807) is 0 Å². The number of guanidine groups is 1. The van der Waals surface area contributed by atoms with Crippen LogP contribution < -0.4 is 5.32 Å². The van der Waals surface area contributed by atoms with Crippen LogP contribution in [0.1, 0.15) is 41.0 Å². The summed E-state index contributed by atoms with van der Waals surface area (Å²) in [4.78, 5) is 9.02. The van der Waals surface area contributed by atoms with Gasteiger partial charge in [0.25, 0.3) is 0 Å². The zero-order chi connectivity index (χ0) is 17.0. The Labute approximate surface area is 160 Å². The van der Waals surface area contributed by atoms with E-state index < -0.39 is 0 Å². The molecule has 1 rings (SSSR count). The first kappa shape index (κ1) is 22.9. The van der Waals surface area contributed by atoms with Gasteiger partial charge >= 0.3 is 0 Å². The van der Waals surface area contributed by atoms with Gasteiger partial charge in [-0.2, -0.15) is 0 Å². The molecule has 0 amide bonds. The average Bonchev–Trinajstić information content (AvgIpc) is 2.43. The van der Waals surface area contributed by atoms with E-state index in [1.807, 2.05) is 7.05 Å².